The van der Waals surface area contributed by atoms with Gasteiger partial charge in [0.25, 0.3) is 0 Å². The number of carbonyl (C=O) groups excluding carboxylic acids is 2. The van der Waals surface area contributed by atoms with Gasteiger partial charge in [-0.25, -0.2) is 4.79 Å². The molecule has 0 aliphatic heterocycles. The molecule has 1 fully saturated rings. The molecular formula is C18H25BrN2O3. The molecule has 0 bridgehead atoms. The fraction of sp³-hybridized carbons (Fsp3) is 0.556. The van der Waals surface area contributed by atoms with Gasteiger partial charge in [-0.1, -0.05) is 28.1 Å². The lowest BCUT2D eigenvalue weighted by Crippen LogP contribution is -2.37. The lowest BCUT2D eigenvalue weighted by Gasteiger charge is -2.23. The SMILES string of the molecule is CC(C)(C)OC(=O)NCCC(=O)N(Cc1cccc(Br)c1)C1CC1. The van der Waals surface area contributed by atoms with Crippen LogP contribution in [-0.2, 0) is 16.1 Å². The summed E-state index contributed by atoms with van der Waals surface area (Å²) in [5, 5.41) is 2.64. The third-order valence-corrected chi connectivity index (χ3v) is 4.05. The Labute approximate surface area is 151 Å². The highest BCUT2D eigenvalue weighted by Gasteiger charge is 2.32. The molecule has 0 saturated heterocycles. The summed E-state index contributed by atoms with van der Waals surface area (Å²) in [5.74, 6) is 0.0635. The number of benzene rings is 1. The van der Waals surface area contributed by atoms with Crippen molar-refractivity contribution in [3.05, 3.63) is 34.3 Å². The molecule has 0 atom stereocenters. The van der Waals surface area contributed by atoms with E-state index in [2.05, 4.69) is 21.2 Å². The number of amides is 2. The summed E-state index contributed by atoms with van der Waals surface area (Å²) < 4.78 is 6.18. The minimum atomic E-state index is -0.533. The summed E-state index contributed by atoms with van der Waals surface area (Å²) in [6.07, 6.45) is 1.91. The van der Waals surface area contributed by atoms with Crippen LogP contribution in [0.5, 0.6) is 0 Å². The molecule has 1 aliphatic carbocycles. The lowest BCUT2D eigenvalue weighted by molar-refractivity contribution is -0.132. The number of alkyl carbamates (subject to hydrolysis) is 1. The lowest BCUT2D eigenvalue weighted by atomic mass is 10.2. The van der Waals surface area contributed by atoms with Gasteiger partial charge in [0.2, 0.25) is 5.91 Å². The first-order chi connectivity index (χ1) is 11.2. The van der Waals surface area contributed by atoms with Gasteiger partial charge < -0.3 is 15.0 Å². The molecule has 0 spiro atoms. The Bertz CT molecular complexity index is 594. The van der Waals surface area contributed by atoms with Crippen molar-refractivity contribution in [2.45, 2.75) is 58.2 Å². The highest BCUT2D eigenvalue weighted by Crippen LogP contribution is 2.29. The standard InChI is InChI=1S/C18H25BrN2O3/c1-18(2,3)24-17(23)20-10-9-16(22)21(15-7-8-15)12-13-5-4-6-14(19)11-13/h4-6,11,15H,7-10,12H2,1-3H3,(H,20,23). The average molecular weight is 397 g/mol. The van der Waals surface area contributed by atoms with E-state index in [1.54, 1.807) is 0 Å². The molecular weight excluding hydrogens is 372 g/mol. The molecule has 1 aromatic rings. The van der Waals surface area contributed by atoms with Gasteiger partial charge in [-0.2, -0.15) is 0 Å². The second-order valence-corrected chi connectivity index (χ2v) is 7.98. The smallest absolute Gasteiger partial charge is 0.407 e. The molecule has 2 amide bonds. The largest absolute Gasteiger partial charge is 0.444 e. The number of hydrogen-bond acceptors (Lipinski definition) is 3. The first kappa shape index (κ1) is 18.8. The molecule has 24 heavy (non-hydrogen) atoms. The molecule has 1 saturated carbocycles. The molecule has 2 rings (SSSR count). The molecule has 132 valence electrons. The number of nitrogens with zero attached hydrogens (tertiary/aromatic N) is 1. The van der Waals surface area contributed by atoms with Crippen molar-refractivity contribution in [1.82, 2.24) is 10.2 Å². The number of rotatable bonds is 6. The van der Waals surface area contributed by atoms with Crippen LogP contribution in [-0.4, -0.2) is 35.1 Å². The van der Waals surface area contributed by atoms with E-state index >= 15 is 0 Å². The van der Waals surface area contributed by atoms with Gasteiger partial charge in [-0.15, -0.1) is 0 Å². The maximum absolute atomic E-state index is 12.5. The van der Waals surface area contributed by atoms with Crippen LogP contribution in [0.25, 0.3) is 0 Å². The maximum atomic E-state index is 12.5. The molecule has 0 aromatic heterocycles. The number of nitrogens with one attached hydrogen (secondary N) is 1. The van der Waals surface area contributed by atoms with E-state index < -0.39 is 11.7 Å². The van der Waals surface area contributed by atoms with Crippen LogP contribution >= 0.6 is 15.9 Å². The predicted octanol–water partition coefficient (Wildman–Crippen LogP) is 3.85. The van der Waals surface area contributed by atoms with Gasteiger partial charge in [0.05, 0.1) is 0 Å². The molecule has 0 unspecified atom stereocenters. The van der Waals surface area contributed by atoms with Crippen molar-refractivity contribution in [3.8, 4) is 0 Å². The van der Waals surface area contributed by atoms with Crippen LogP contribution in [0.3, 0.4) is 0 Å². The number of ether oxygens (including phenoxy) is 1. The maximum Gasteiger partial charge on any atom is 0.407 e. The molecule has 1 aliphatic rings. The Balaban J connectivity index is 1.83. The van der Waals surface area contributed by atoms with Crippen molar-refractivity contribution in [2.24, 2.45) is 0 Å². The highest BCUT2D eigenvalue weighted by atomic mass is 79.9. The third kappa shape index (κ3) is 6.51. The van der Waals surface area contributed by atoms with Gasteiger partial charge in [0.1, 0.15) is 5.60 Å². The van der Waals surface area contributed by atoms with Crippen LogP contribution in [0.2, 0.25) is 0 Å². The summed E-state index contributed by atoms with van der Waals surface area (Å²) in [6.45, 7) is 6.32. The normalized spacial score (nSPS) is 14.2. The average Bonchev–Trinajstić information content (AvgIpc) is 3.27. The first-order valence-corrected chi connectivity index (χ1v) is 9.05. The van der Waals surface area contributed by atoms with Gasteiger partial charge in [-0.05, 0) is 51.3 Å². The monoisotopic (exact) mass is 396 g/mol. The zero-order valence-corrected chi connectivity index (χ0v) is 16.1. The van der Waals surface area contributed by atoms with Crippen LogP contribution in [0, 0.1) is 0 Å². The summed E-state index contributed by atoms with van der Waals surface area (Å²) in [7, 11) is 0. The topological polar surface area (TPSA) is 58.6 Å². The van der Waals surface area contributed by atoms with E-state index in [0.29, 0.717) is 12.6 Å². The molecule has 0 radical (unpaired) electrons. The van der Waals surface area contributed by atoms with Crippen molar-refractivity contribution in [1.29, 1.82) is 0 Å². The Morgan fingerprint density at radius 3 is 2.62 bits per heavy atom. The Morgan fingerprint density at radius 2 is 2.04 bits per heavy atom. The van der Waals surface area contributed by atoms with E-state index in [1.165, 1.54) is 0 Å². The Morgan fingerprint density at radius 1 is 1.33 bits per heavy atom. The highest BCUT2D eigenvalue weighted by molar-refractivity contribution is 9.10. The third-order valence-electron chi connectivity index (χ3n) is 3.56. The quantitative estimate of drug-likeness (QED) is 0.793. The van der Waals surface area contributed by atoms with Gasteiger partial charge in [0, 0.05) is 30.0 Å². The van der Waals surface area contributed by atoms with Gasteiger partial charge in [0.15, 0.2) is 0 Å². The summed E-state index contributed by atoms with van der Waals surface area (Å²) in [4.78, 5) is 26.0. The summed E-state index contributed by atoms with van der Waals surface area (Å²) in [5.41, 5.74) is 0.569. The van der Waals surface area contributed by atoms with E-state index in [0.717, 1.165) is 22.9 Å². The molecule has 1 N–H and O–H groups in total. The number of halogens is 1. The molecule has 6 heteroatoms. The minimum Gasteiger partial charge on any atom is -0.444 e. The van der Waals surface area contributed by atoms with Crippen molar-refractivity contribution >= 4 is 27.9 Å². The van der Waals surface area contributed by atoms with Crippen LogP contribution < -0.4 is 5.32 Å². The Kier molecular flexibility index (Phi) is 6.27. The van der Waals surface area contributed by atoms with E-state index in [1.807, 2.05) is 49.9 Å². The molecule has 0 heterocycles. The van der Waals surface area contributed by atoms with Crippen molar-refractivity contribution < 1.29 is 14.3 Å². The van der Waals surface area contributed by atoms with Crippen LogP contribution in [0.15, 0.2) is 28.7 Å². The first-order valence-electron chi connectivity index (χ1n) is 8.25. The second-order valence-electron chi connectivity index (χ2n) is 7.06. The number of hydrogen-bond donors (Lipinski definition) is 1. The van der Waals surface area contributed by atoms with Crippen molar-refractivity contribution in [2.75, 3.05) is 6.54 Å². The zero-order chi connectivity index (χ0) is 17.7. The zero-order valence-electron chi connectivity index (χ0n) is 14.5. The second kappa shape index (κ2) is 8.01. The van der Waals surface area contributed by atoms with Gasteiger partial charge in [-0.3, -0.25) is 4.79 Å². The Hall–Kier alpha value is -1.56. The molecule has 1 aromatic carbocycles. The fourth-order valence-electron chi connectivity index (χ4n) is 2.37. The number of carbonyl (C=O) groups is 2. The van der Waals surface area contributed by atoms with Crippen LogP contribution in [0.1, 0.15) is 45.6 Å². The molecule has 5 nitrogen and oxygen atoms in total. The van der Waals surface area contributed by atoms with E-state index in [-0.39, 0.29) is 18.9 Å². The van der Waals surface area contributed by atoms with E-state index in [9.17, 15) is 9.59 Å². The van der Waals surface area contributed by atoms with Crippen molar-refractivity contribution in [3.63, 3.8) is 0 Å². The van der Waals surface area contributed by atoms with Gasteiger partial charge >= 0.3 is 6.09 Å². The van der Waals surface area contributed by atoms with E-state index in [4.69, 9.17) is 4.74 Å². The predicted molar refractivity (Wildman–Crippen MR) is 96.6 cm³/mol. The summed E-state index contributed by atoms with van der Waals surface area (Å²) in [6, 6.07) is 8.32. The summed E-state index contributed by atoms with van der Waals surface area (Å²) >= 11 is 3.46. The van der Waals surface area contributed by atoms with Crippen LogP contribution in [0.4, 0.5) is 4.79 Å². The minimum absolute atomic E-state index is 0.0635. The fourth-order valence-corrected chi connectivity index (χ4v) is 2.82.